The van der Waals surface area contributed by atoms with Crippen molar-refractivity contribution in [1.82, 2.24) is 0 Å². The molecule has 29 heavy (non-hydrogen) atoms. The Morgan fingerprint density at radius 1 is 0.931 bits per heavy atom. The first-order chi connectivity index (χ1) is 14.1. The Bertz CT molecular complexity index is 1050. The van der Waals surface area contributed by atoms with E-state index >= 15 is 0 Å². The lowest BCUT2D eigenvalue weighted by Crippen LogP contribution is -2.18. The summed E-state index contributed by atoms with van der Waals surface area (Å²) in [7, 11) is 0. The summed E-state index contributed by atoms with van der Waals surface area (Å²) < 4.78 is 16.5. The molecule has 1 amide bonds. The molecule has 0 atom stereocenters. The fraction of sp³-hybridized carbons (Fsp3) is 0.0952. The van der Waals surface area contributed by atoms with Crippen LogP contribution in [0.5, 0.6) is 23.0 Å². The van der Waals surface area contributed by atoms with Crippen molar-refractivity contribution in [1.29, 1.82) is 0 Å². The van der Waals surface area contributed by atoms with E-state index in [4.69, 9.17) is 14.2 Å². The van der Waals surface area contributed by atoms with Gasteiger partial charge in [0, 0.05) is 11.8 Å². The van der Waals surface area contributed by atoms with Gasteiger partial charge in [-0.3, -0.25) is 14.9 Å². The number of anilines is 1. The minimum atomic E-state index is -0.621. The minimum Gasteiger partial charge on any atom is -0.486 e. The molecule has 1 N–H and O–H groups in total. The van der Waals surface area contributed by atoms with Crippen molar-refractivity contribution in [3.05, 3.63) is 82.4 Å². The first kappa shape index (κ1) is 18.3. The lowest BCUT2D eigenvalue weighted by Gasteiger charge is -2.18. The van der Waals surface area contributed by atoms with Crippen LogP contribution in [0.1, 0.15) is 10.4 Å². The van der Waals surface area contributed by atoms with Crippen molar-refractivity contribution < 1.29 is 23.9 Å². The van der Waals surface area contributed by atoms with Crippen molar-refractivity contribution >= 4 is 17.3 Å². The number of hydrogen-bond acceptors (Lipinski definition) is 6. The number of nitro groups is 1. The van der Waals surface area contributed by atoms with Gasteiger partial charge in [0.1, 0.15) is 30.3 Å². The van der Waals surface area contributed by atoms with Crippen LogP contribution in [0.15, 0.2) is 66.7 Å². The Hall–Kier alpha value is -4.07. The smallest absolute Gasteiger partial charge is 0.286 e. The number of nitro benzene ring substituents is 1. The van der Waals surface area contributed by atoms with Crippen LogP contribution < -0.4 is 19.5 Å². The molecule has 8 heteroatoms. The lowest BCUT2D eigenvalue weighted by atomic mass is 10.1. The van der Waals surface area contributed by atoms with Crippen LogP contribution in [0.25, 0.3) is 0 Å². The number of benzene rings is 3. The van der Waals surface area contributed by atoms with Gasteiger partial charge in [-0.15, -0.1) is 0 Å². The van der Waals surface area contributed by atoms with E-state index in [2.05, 4.69) is 5.32 Å². The van der Waals surface area contributed by atoms with Gasteiger partial charge in [0.05, 0.1) is 11.0 Å². The molecule has 1 heterocycles. The van der Waals surface area contributed by atoms with Gasteiger partial charge in [-0.05, 0) is 36.4 Å². The van der Waals surface area contributed by atoms with Crippen LogP contribution in [-0.4, -0.2) is 24.0 Å². The van der Waals surface area contributed by atoms with Crippen molar-refractivity contribution in [2.24, 2.45) is 0 Å². The molecule has 0 saturated carbocycles. The van der Waals surface area contributed by atoms with E-state index in [1.54, 1.807) is 24.3 Å². The fourth-order valence-corrected chi connectivity index (χ4v) is 2.84. The molecule has 0 fully saturated rings. The second-order valence-corrected chi connectivity index (χ2v) is 6.16. The summed E-state index contributed by atoms with van der Waals surface area (Å²) in [5.74, 6) is 1.22. The summed E-state index contributed by atoms with van der Waals surface area (Å²) in [6.07, 6.45) is 0. The largest absolute Gasteiger partial charge is 0.486 e. The summed E-state index contributed by atoms with van der Waals surface area (Å²) in [6.45, 7) is 0.613. The molecular formula is C21H16N2O6. The van der Waals surface area contributed by atoms with Crippen molar-refractivity contribution in [2.45, 2.75) is 0 Å². The third-order valence-electron chi connectivity index (χ3n) is 4.19. The van der Waals surface area contributed by atoms with E-state index in [1.165, 1.54) is 12.1 Å². The molecule has 0 spiro atoms. The van der Waals surface area contributed by atoms with Crippen LogP contribution in [-0.2, 0) is 0 Å². The molecule has 0 bridgehead atoms. The highest BCUT2D eigenvalue weighted by atomic mass is 16.6. The molecule has 146 valence electrons. The number of nitrogens with zero attached hydrogens (tertiary/aromatic N) is 1. The number of para-hydroxylation sites is 1. The molecule has 8 nitrogen and oxygen atoms in total. The number of hydrogen-bond donors (Lipinski definition) is 1. The van der Waals surface area contributed by atoms with Crippen LogP contribution in [0.4, 0.5) is 11.4 Å². The molecule has 0 saturated heterocycles. The Kier molecular flexibility index (Phi) is 4.98. The van der Waals surface area contributed by atoms with Gasteiger partial charge in [-0.2, -0.15) is 0 Å². The summed E-state index contributed by atoms with van der Waals surface area (Å²) >= 11 is 0. The average molecular weight is 392 g/mol. The molecule has 0 aromatic heterocycles. The first-order valence-corrected chi connectivity index (χ1v) is 8.82. The number of fused-ring (bicyclic) bond motifs is 1. The van der Waals surface area contributed by atoms with Gasteiger partial charge in [0.15, 0.2) is 11.5 Å². The maximum absolute atomic E-state index is 12.7. The Labute approximate surface area is 165 Å². The molecule has 0 radical (unpaired) electrons. The normalized spacial score (nSPS) is 12.1. The Morgan fingerprint density at radius 2 is 1.55 bits per heavy atom. The third-order valence-corrected chi connectivity index (χ3v) is 4.19. The summed E-state index contributed by atoms with van der Waals surface area (Å²) in [5.41, 5.74) is 0.0132. The molecule has 4 rings (SSSR count). The zero-order valence-corrected chi connectivity index (χ0v) is 15.2. The van der Waals surface area contributed by atoms with E-state index in [-0.39, 0.29) is 17.0 Å². The molecule has 1 aliphatic heterocycles. The second-order valence-electron chi connectivity index (χ2n) is 6.16. The predicted octanol–water partition coefficient (Wildman–Crippen LogP) is 4.41. The predicted molar refractivity (Wildman–Crippen MR) is 105 cm³/mol. The highest BCUT2D eigenvalue weighted by Crippen LogP contribution is 2.37. The maximum Gasteiger partial charge on any atom is 0.286 e. The van der Waals surface area contributed by atoms with E-state index in [9.17, 15) is 14.9 Å². The summed E-state index contributed by atoms with van der Waals surface area (Å²) in [6, 6.07) is 18.5. The zero-order valence-electron chi connectivity index (χ0n) is 15.2. The first-order valence-electron chi connectivity index (χ1n) is 8.82. The Balaban J connectivity index is 1.52. The van der Waals surface area contributed by atoms with Crippen LogP contribution >= 0.6 is 0 Å². The average Bonchev–Trinajstić information content (AvgIpc) is 2.75. The lowest BCUT2D eigenvalue weighted by molar-refractivity contribution is -0.385. The van der Waals surface area contributed by atoms with Gasteiger partial charge in [-0.25, -0.2) is 0 Å². The number of rotatable bonds is 5. The Morgan fingerprint density at radius 3 is 2.21 bits per heavy atom. The topological polar surface area (TPSA) is 99.9 Å². The SMILES string of the molecule is O=C(Nc1ccc(Oc2ccccc2)cc1)c1cc2c(cc1[N+](=O)[O-])OCCO2. The van der Waals surface area contributed by atoms with Gasteiger partial charge in [0.2, 0.25) is 0 Å². The van der Waals surface area contributed by atoms with Gasteiger partial charge in [0.25, 0.3) is 11.6 Å². The van der Waals surface area contributed by atoms with Crippen LogP contribution in [0.2, 0.25) is 0 Å². The number of amides is 1. The minimum absolute atomic E-state index is 0.108. The van der Waals surface area contributed by atoms with Crippen LogP contribution in [0.3, 0.4) is 0 Å². The summed E-state index contributed by atoms with van der Waals surface area (Å²) in [5, 5.41) is 14.1. The van der Waals surface area contributed by atoms with Crippen molar-refractivity contribution in [3.8, 4) is 23.0 Å². The third kappa shape index (κ3) is 4.11. The fourth-order valence-electron chi connectivity index (χ4n) is 2.84. The van der Waals surface area contributed by atoms with Gasteiger partial charge in [-0.1, -0.05) is 18.2 Å². The molecule has 0 aliphatic carbocycles. The number of carbonyl (C=O) groups excluding carboxylic acids is 1. The van der Waals surface area contributed by atoms with E-state index in [0.29, 0.717) is 36.1 Å². The van der Waals surface area contributed by atoms with E-state index < -0.39 is 10.8 Å². The highest BCUT2D eigenvalue weighted by molar-refractivity contribution is 6.07. The van der Waals surface area contributed by atoms with Crippen LogP contribution in [0, 0.1) is 10.1 Å². The molecule has 0 unspecified atom stereocenters. The number of nitrogens with one attached hydrogen (secondary N) is 1. The van der Waals surface area contributed by atoms with Crippen molar-refractivity contribution in [2.75, 3.05) is 18.5 Å². The molecule has 1 aliphatic rings. The maximum atomic E-state index is 12.7. The standard InChI is InChI=1S/C21H16N2O6/c24-21(17-12-19-20(28-11-10-27-19)13-18(17)23(25)26)22-14-6-8-16(9-7-14)29-15-4-2-1-3-5-15/h1-9,12-13H,10-11H2,(H,22,24). The van der Waals surface area contributed by atoms with E-state index in [1.807, 2.05) is 30.3 Å². The highest BCUT2D eigenvalue weighted by Gasteiger charge is 2.26. The quantitative estimate of drug-likeness (QED) is 0.510. The molecular weight excluding hydrogens is 376 g/mol. The number of ether oxygens (including phenoxy) is 3. The molecule has 3 aromatic rings. The van der Waals surface area contributed by atoms with Gasteiger partial charge < -0.3 is 19.5 Å². The van der Waals surface area contributed by atoms with E-state index in [0.717, 1.165) is 0 Å². The number of carbonyl (C=O) groups is 1. The van der Waals surface area contributed by atoms with Crippen molar-refractivity contribution in [3.63, 3.8) is 0 Å². The summed E-state index contributed by atoms with van der Waals surface area (Å²) in [4.78, 5) is 23.4. The molecule has 3 aromatic carbocycles. The zero-order chi connectivity index (χ0) is 20.2. The second kappa shape index (κ2) is 7.89. The van der Waals surface area contributed by atoms with Gasteiger partial charge >= 0.3 is 0 Å². The monoisotopic (exact) mass is 392 g/mol.